The standard InChI is InChI=1S/C17H19ClN4O4S2/c18-14-5-3-13(4-6-14)17(24)20-19-15(23)12-21-7-9-22(10-8-21)28(25,26)16-2-1-11-27-16/h1-6,11H,7-10,12H2,(H,19,23)(H,20,24). The number of rotatable bonds is 5. The average Bonchev–Trinajstić information content (AvgIpc) is 3.23. The van der Waals surface area contributed by atoms with Crippen molar-refractivity contribution >= 4 is 44.8 Å². The molecule has 0 unspecified atom stereocenters. The van der Waals surface area contributed by atoms with Crippen molar-refractivity contribution in [2.24, 2.45) is 0 Å². The fourth-order valence-electron chi connectivity index (χ4n) is 2.71. The maximum absolute atomic E-state index is 12.5. The van der Waals surface area contributed by atoms with Gasteiger partial charge in [-0.2, -0.15) is 4.31 Å². The molecule has 3 rings (SSSR count). The molecule has 2 heterocycles. The van der Waals surface area contributed by atoms with Crippen molar-refractivity contribution in [2.75, 3.05) is 32.7 Å². The molecule has 1 fully saturated rings. The first-order valence-electron chi connectivity index (χ1n) is 8.47. The van der Waals surface area contributed by atoms with E-state index in [4.69, 9.17) is 11.6 Å². The van der Waals surface area contributed by atoms with E-state index in [0.29, 0.717) is 41.0 Å². The zero-order chi connectivity index (χ0) is 20.1. The Labute approximate surface area is 172 Å². The number of halogens is 1. The SMILES string of the molecule is O=C(CN1CCN(S(=O)(=O)c2cccs2)CC1)NNC(=O)c1ccc(Cl)cc1. The molecule has 1 saturated heterocycles. The van der Waals surface area contributed by atoms with E-state index < -0.39 is 15.9 Å². The van der Waals surface area contributed by atoms with Gasteiger partial charge in [0, 0.05) is 36.8 Å². The Morgan fingerprint density at radius 3 is 2.32 bits per heavy atom. The predicted molar refractivity (Wildman–Crippen MR) is 107 cm³/mol. The van der Waals surface area contributed by atoms with E-state index in [9.17, 15) is 18.0 Å². The van der Waals surface area contributed by atoms with Gasteiger partial charge in [-0.25, -0.2) is 8.42 Å². The van der Waals surface area contributed by atoms with Crippen molar-refractivity contribution < 1.29 is 18.0 Å². The number of nitrogens with one attached hydrogen (secondary N) is 2. The van der Waals surface area contributed by atoms with Crippen LogP contribution in [-0.4, -0.2) is 62.2 Å². The van der Waals surface area contributed by atoms with Gasteiger partial charge in [0.15, 0.2) is 0 Å². The Kier molecular flexibility index (Phi) is 6.68. The number of amides is 2. The molecule has 0 atom stereocenters. The molecule has 2 aromatic rings. The highest BCUT2D eigenvalue weighted by atomic mass is 35.5. The largest absolute Gasteiger partial charge is 0.292 e. The number of carbonyl (C=O) groups excluding carboxylic acids is 2. The summed E-state index contributed by atoms with van der Waals surface area (Å²) in [5.41, 5.74) is 5.08. The van der Waals surface area contributed by atoms with Gasteiger partial charge in [0.05, 0.1) is 6.54 Å². The number of hydrogen-bond donors (Lipinski definition) is 2. The quantitative estimate of drug-likeness (QED) is 0.677. The first kappa shape index (κ1) is 20.7. The summed E-state index contributed by atoms with van der Waals surface area (Å²) >= 11 is 6.96. The lowest BCUT2D eigenvalue weighted by atomic mass is 10.2. The smallest absolute Gasteiger partial charge is 0.269 e. The molecule has 28 heavy (non-hydrogen) atoms. The first-order chi connectivity index (χ1) is 13.4. The summed E-state index contributed by atoms with van der Waals surface area (Å²) in [5, 5.41) is 2.24. The lowest BCUT2D eigenvalue weighted by Gasteiger charge is -2.33. The van der Waals surface area contributed by atoms with Crippen LogP contribution in [0.1, 0.15) is 10.4 Å². The highest BCUT2D eigenvalue weighted by molar-refractivity contribution is 7.91. The van der Waals surface area contributed by atoms with Crippen molar-refractivity contribution in [1.29, 1.82) is 0 Å². The summed E-state index contributed by atoms with van der Waals surface area (Å²) < 4.78 is 26.7. The van der Waals surface area contributed by atoms with Crippen LogP contribution in [0.25, 0.3) is 0 Å². The summed E-state index contributed by atoms with van der Waals surface area (Å²) in [6.45, 7) is 1.55. The Morgan fingerprint density at radius 1 is 1.04 bits per heavy atom. The third-order valence-corrected chi connectivity index (χ3v) is 7.73. The summed E-state index contributed by atoms with van der Waals surface area (Å²) in [5.74, 6) is -0.825. The Hall–Kier alpha value is -1.98. The van der Waals surface area contributed by atoms with Crippen molar-refractivity contribution in [3.05, 3.63) is 52.4 Å². The molecule has 1 aliphatic heterocycles. The minimum Gasteiger partial charge on any atom is -0.292 e. The van der Waals surface area contributed by atoms with Gasteiger partial charge in [-0.15, -0.1) is 11.3 Å². The van der Waals surface area contributed by atoms with Crippen molar-refractivity contribution in [3.63, 3.8) is 0 Å². The van der Waals surface area contributed by atoms with Crippen LogP contribution in [0.3, 0.4) is 0 Å². The highest BCUT2D eigenvalue weighted by Crippen LogP contribution is 2.21. The highest BCUT2D eigenvalue weighted by Gasteiger charge is 2.29. The number of hydrogen-bond acceptors (Lipinski definition) is 6. The van der Waals surface area contributed by atoms with E-state index in [0.717, 1.165) is 0 Å². The lowest BCUT2D eigenvalue weighted by Crippen LogP contribution is -2.52. The normalized spacial score (nSPS) is 15.9. The van der Waals surface area contributed by atoms with Crippen LogP contribution in [0.15, 0.2) is 46.0 Å². The number of nitrogens with zero attached hydrogens (tertiary/aromatic N) is 2. The van der Waals surface area contributed by atoms with E-state index in [1.54, 1.807) is 41.8 Å². The number of carbonyl (C=O) groups is 2. The van der Waals surface area contributed by atoms with E-state index >= 15 is 0 Å². The van der Waals surface area contributed by atoms with E-state index in [1.807, 2.05) is 4.90 Å². The third kappa shape index (κ3) is 5.09. The summed E-state index contributed by atoms with van der Waals surface area (Å²) in [7, 11) is -3.47. The zero-order valence-electron chi connectivity index (χ0n) is 14.8. The second-order valence-electron chi connectivity index (χ2n) is 6.12. The topological polar surface area (TPSA) is 98.8 Å². The van der Waals surface area contributed by atoms with Gasteiger partial charge >= 0.3 is 0 Å². The lowest BCUT2D eigenvalue weighted by molar-refractivity contribution is -0.123. The Bertz CT molecular complexity index is 925. The van der Waals surface area contributed by atoms with Gasteiger partial charge in [0.25, 0.3) is 21.8 Å². The van der Waals surface area contributed by atoms with Crippen LogP contribution in [0.5, 0.6) is 0 Å². The number of thiophene rings is 1. The molecular formula is C17H19ClN4O4S2. The molecule has 0 saturated carbocycles. The van der Waals surface area contributed by atoms with Gasteiger partial charge in [-0.3, -0.25) is 25.3 Å². The summed E-state index contributed by atoms with van der Waals surface area (Å²) in [4.78, 5) is 25.8. The second kappa shape index (κ2) is 9.01. The Balaban J connectivity index is 1.44. The molecular weight excluding hydrogens is 424 g/mol. The van der Waals surface area contributed by atoms with Crippen LogP contribution in [-0.2, 0) is 14.8 Å². The minimum atomic E-state index is -3.47. The van der Waals surface area contributed by atoms with Crippen LogP contribution >= 0.6 is 22.9 Å². The van der Waals surface area contributed by atoms with Gasteiger partial charge in [-0.05, 0) is 35.7 Å². The minimum absolute atomic E-state index is 0.0633. The van der Waals surface area contributed by atoms with Crippen LogP contribution in [0, 0.1) is 0 Å². The van der Waals surface area contributed by atoms with E-state index in [1.165, 1.54) is 15.6 Å². The van der Waals surface area contributed by atoms with Crippen molar-refractivity contribution in [2.45, 2.75) is 4.21 Å². The summed E-state index contributed by atoms with van der Waals surface area (Å²) in [6.07, 6.45) is 0. The van der Waals surface area contributed by atoms with Crippen molar-refractivity contribution in [1.82, 2.24) is 20.1 Å². The van der Waals surface area contributed by atoms with Gasteiger partial charge in [0.2, 0.25) is 0 Å². The van der Waals surface area contributed by atoms with Crippen molar-refractivity contribution in [3.8, 4) is 0 Å². The number of benzene rings is 1. The van der Waals surface area contributed by atoms with E-state index in [2.05, 4.69) is 10.9 Å². The fourth-order valence-corrected chi connectivity index (χ4v) is 5.40. The number of sulfonamides is 1. The van der Waals surface area contributed by atoms with Crippen LogP contribution in [0.4, 0.5) is 0 Å². The molecule has 0 radical (unpaired) electrons. The summed E-state index contributed by atoms with van der Waals surface area (Å²) in [6, 6.07) is 9.57. The van der Waals surface area contributed by atoms with Crippen LogP contribution in [0.2, 0.25) is 5.02 Å². The number of piperazine rings is 1. The maximum Gasteiger partial charge on any atom is 0.269 e. The van der Waals surface area contributed by atoms with Crippen LogP contribution < -0.4 is 10.9 Å². The van der Waals surface area contributed by atoms with E-state index in [-0.39, 0.29) is 12.5 Å². The van der Waals surface area contributed by atoms with Gasteiger partial charge in [-0.1, -0.05) is 17.7 Å². The molecule has 1 aromatic heterocycles. The molecule has 0 spiro atoms. The fraction of sp³-hybridized carbons (Fsp3) is 0.294. The Morgan fingerprint density at radius 2 is 1.71 bits per heavy atom. The average molecular weight is 443 g/mol. The molecule has 150 valence electrons. The maximum atomic E-state index is 12.5. The molecule has 0 aliphatic carbocycles. The molecule has 11 heteroatoms. The number of hydrazine groups is 1. The van der Waals surface area contributed by atoms with Gasteiger partial charge in [0.1, 0.15) is 4.21 Å². The molecule has 1 aliphatic rings. The molecule has 1 aromatic carbocycles. The molecule has 0 bridgehead atoms. The predicted octanol–water partition coefficient (Wildman–Crippen LogP) is 1.17. The monoisotopic (exact) mass is 442 g/mol. The van der Waals surface area contributed by atoms with Gasteiger partial charge < -0.3 is 0 Å². The zero-order valence-corrected chi connectivity index (χ0v) is 17.2. The molecule has 8 nitrogen and oxygen atoms in total. The third-order valence-electron chi connectivity index (χ3n) is 4.21. The second-order valence-corrected chi connectivity index (χ2v) is 9.67. The molecule has 2 N–H and O–H groups in total. The first-order valence-corrected chi connectivity index (χ1v) is 11.2. The molecule has 2 amide bonds.